The van der Waals surface area contributed by atoms with Crippen molar-refractivity contribution in [3.05, 3.63) is 18.2 Å². The van der Waals surface area contributed by atoms with Crippen LogP contribution < -0.4 is 5.32 Å². The predicted octanol–water partition coefficient (Wildman–Crippen LogP) is 3.10. The van der Waals surface area contributed by atoms with Crippen LogP contribution in [0.1, 0.15) is 6.92 Å². The number of halogens is 2. The SMILES string of the molecule is CC(Nc1cccc2c1N=[Se]=N2)C(F)F. The summed E-state index contributed by atoms with van der Waals surface area (Å²) >= 11 is -0.131. The van der Waals surface area contributed by atoms with E-state index in [9.17, 15) is 8.78 Å². The van der Waals surface area contributed by atoms with Gasteiger partial charge in [-0.25, -0.2) is 0 Å². The van der Waals surface area contributed by atoms with E-state index in [2.05, 4.69) is 13.2 Å². The van der Waals surface area contributed by atoms with Crippen LogP contribution in [0.2, 0.25) is 0 Å². The topological polar surface area (TPSA) is 36.8 Å². The van der Waals surface area contributed by atoms with E-state index in [0.29, 0.717) is 11.4 Å². The number of nitrogens with zero attached hydrogens (tertiary/aromatic N) is 2. The van der Waals surface area contributed by atoms with Crippen molar-refractivity contribution in [2.24, 2.45) is 7.92 Å². The van der Waals surface area contributed by atoms with E-state index in [1.54, 1.807) is 12.1 Å². The Kier molecular flexibility index (Phi) is 2.98. The molecule has 1 heterocycles. The van der Waals surface area contributed by atoms with Crippen molar-refractivity contribution in [1.82, 2.24) is 0 Å². The van der Waals surface area contributed by atoms with Gasteiger partial charge in [0.25, 0.3) is 0 Å². The molecule has 1 N–H and O–H groups in total. The number of hydrogen-bond acceptors (Lipinski definition) is 3. The summed E-state index contributed by atoms with van der Waals surface area (Å²) in [6, 6.07) is 4.50. The van der Waals surface area contributed by atoms with Crippen LogP contribution in [0.4, 0.5) is 25.8 Å². The molecule has 80 valence electrons. The Morgan fingerprint density at radius 2 is 2.13 bits per heavy atom. The molecule has 0 bridgehead atoms. The molecule has 1 aromatic rings. The van der Waals surface area contributed by atoms with Gasteiger partial charge in [0.05, 0.1) is 0 Å². The second kappa shape index (κ2) is 4.24. The van der Waals surface area contributed by atoms with Crippen molar-refractivity contribution in [1.29, 1.82) is 0 Å². The van der Waals surface area contributed by atoms with Gasteiger partial charge in [-0.15, -0.1) is 0 Å². The molecule has 6 heteroatoms. The number of nitrogens with one attached hydrogen (secondary N) is 1. The number of hydrogen-bond donors (Lipinski definition) is 1. The van der Waals surface area contributed by atoms with Crippen LogP contribution in [-0.2, 0) is 0 Å². The van der Waals surface area contributed by atoms with E-state index in [4.69, 9.17) is 0 Å². The first-order chi connectivity index (χ1) is 7.18. The maximum atomic E-state index is 12.4. The van der Waals surface area contributed by atoms with Gasteiger partial charge < -0.3 is 0 Å². The quantitative estimate of drug-likeness (QED) is 0.859. The number of fused-ring (bicyclic) bond motifs is 1. The van der Waals surface area contributed by atoms with Crippen LogP contribution in [0.5, 0.6) is 0 Å². The van der Waals surface area contributed by atoms with E-state index < -0.39 is 12.5 Å². The molecule has 1 atom stereocenters. The molecule has 15 heavy (non-hydrogen) atoms. The molecule has 0 saturated heterocycles. The summed E-state index contributed by atoms with van der Waals surface area (Å²) in [6.07, 6.45) is -2.38. The zero-order valence-electron chi connectivity index (χ0n) is 7.95. The first kappa shape index (κ1) is 10.5. The summed E-state index contributed by atoms with van der Waals surface area (Å²) in [5.74, 6) is 0. The van der Waals surface area contributed by atoms with Gasteiger partial charge in [0.15, 0.2) is 0 Å². The van der Waals surface area contributed by atoms with Crippen molar-refractivity contribution in [2.45, 2.75) is 19.4 Å². The zero-order valence-corrected chi connectivity index (χ0v) is 9.66. The summed E-state index contributed by atoms with van der Waals surface area (Å²) < 4.78 is 33.1. The van der Waals surface area contributed by atoms with Gasteiger partial charge in [0, 0.05) is 0 Å². The third kappa shape index (κ3) is 2.16. The maximum absolute atomic E-state index is 12.4. The van der Waals surface area contributed by atoms with Gasteiger partial charge in [-0.3, -0.25) is 0 Å². The molecule has 0 amide bonds. The molecule has 0 aliphatic carbocycles. The fraction of sp³-hybridized carbons (Fsp3) is 0.333. The van der Waals surface area contributed by atoms with Crippen molar-refractivity contribution in [3.63, 3.8) is 0 Å². The monoisotopic (exact) mass is 277 g/mol. The Hall–Kier alpha value is -1.00. The van der Waals surface area contributed by atoms with Crippen LogP contribution in [-0.4, -0.2) is 27.0 Å². The van der Waals surface area contributed by atoms with Crippen molar-refractivity contribution >= 4 is 31.6 Å². The summed E-state index contributed by atoms with van der Waals surface area (Å²) in [5.41, 5.74) is 2.15. The van der Waals surface area contributed by atoms with Crippen LogP contribution >= 0.6 is 0 Å². The van der Waals surface area contributed by atoms with E-state index in [-0.39, 0.29) is 14.6 Å². The Morgan fingerprint density at radius 3 is 2.87 bits per heavy atom. The average Bonchev–Trinajstić information content (AvgIpc) is 2.66. The fourth-order valence-corrected chi connectivity index (χ4v) is 2.38. The molecule has 0 saturated carbocycles. The van der Waals surface area contributed by atoms with E-state index >= 15 is 0 Å². The molecule has 3 nitrogen and oxygen atoms in total. The third-order valence-corrected chi connectivity index (χ3v) is 3.19. The van der Waals surface area contributed by atoms with Crippen molar-refractivity contribution in [3.8, 4) is 0 Å². The van der Waals surface area contributed by atoms with Crippen molar-refractivity contribution < 1.29 is 8.78 Å². The molecule has 1 aromatic carbocycles. The third-order valence-electron chi connectivity index (χ3n) is 2.05. The van der Waals surface area contributed by atoms with Gasteiger partial charge in [0.2, 0.25) is 0 Å². The Bertz CT molecular complexity index is 441. The van der Waals surface area contributed by atoms with Crippen LogP contribution in [0.3, 0.4) is 0 Å². The summed E-state index contributed by atoms with van der Waals surface area (Å²) in [4.78, 5) is 0. The summed E-state index contributed by atoms with van der Waals surface area (Å²) in [7, 11) is 0. The molecule has 0 aromatic heterocycles. The minimum atomic E-state index is -2.38. The molecule has 1 aliphatic rings. The predicted molar refractivity (Wildman–Crippen MR) is 55.5 cm³/mol. The van der Waals surface area contributed by atoms with Gasteiger partial charge >= 0.3 is 91.2 Å². The molecule has 2 rings (SSSR count). The van der Waals surface area contributed by atoms with Crippen LogP contribution in [0.25, 0.3) is 0 Å². The number of alkyl halides is 2. The molecule has 1 unspecified atom stereocenters. The second-order valence-corrected chi connectivity index (χ2v) is 4.31. The number of benzene rings is 1. The first-order valence-corrected chi connectivity index (χ1v) is 5.97. The minimum absolute atomic E-state index is 0.131. The molecular formula is C9H9F2N3Se. The van der Waals surface area contributed by atoms with Gasteiger partial charge in [-0.1, -0.05) is 0 Å². The fourth-order valence-electron chi connectivity index (χ4n) is 1.23. The average molecular weight is 276 g/mol. The molecule has 1 aliphatic heterocycles. The standard InChI is InChI=1S/C9H9F2N3Se/c1-5(9(10)11)12-6-3-2-4-7-8(6)14-15-13-7/h2-5,9,12H,1H3. The van der Waals surface area contributed by atoms with Gasteiger partial charge in [-0.2, -0.15) is 0 Å². The van der Waals surface area contributed by atoms with Crippen molar-refractivity contribution in [2.75, 3.05) is 5.32 Å². The first-order valence-electron chi connectivity index (χ1n) is 4.44. The molecular weight excluding hydrogens is 267 g/mol. The molecule has 0 radical (unpaired) electrons. The normalized spacial score (nSPS) is 14.9. The van der Waals surface area contributed by atoms with Crippen LogP contribution in [0.15, 0.2) is 26.1 Å². The number of anilines is 1. The summed E-state index contributed by atoms with van der Waals surface area (Å²) in [6.45, 7) is 1.45. The van der Waals surface area contributed by atoms with Gasteiger partial charge in [0.1, 0.15) is 0 Å². The van der Waals surface area contributed by atoms with E-state index in [1.165, 1.54) is 6.92 Å². The van der Waals surface area contributed by atoms with E-state index in [0.717, 1.165) is 5.69 Å². The van der Waals surface area contributed by atoms with Gasteiger partial charge in [-0.05, 0) is 0 Å². The summed E-state index contributed by atoms with van der Waals surface area (Å²) in [5, 5.41) is 2.75. The van der Waals surface area contributed by atoms with Crippen LogP contribution in [0, 0.1) is 0 Å². The number of rotatable bonds is 3. The Labute approximate surface area is 91.6 Å². The second-order valence-electron chi connectivity index (χ2n) is 3.20. The van der Waals surface area contributed by atoms with E-state index in [1.807, 2.05) is 6.07 Å². The molecule has 0 spiro atoms. The Balaban J connectivity index is 2.24. The zero-order chi connectivity index (χ0) is 10.8. The molecule has 0 fully saturated rings. The Morgan fingerprint density at radius 1 is 1.33 bits per heavy atom.